The lowest BCUT2D eigenvalue weighted by atomic mass is 10.1. The van der Waals surface area contributed by atoms with Gasteiger partial charge in [-0.15, -0.1) is 0 Å². The van der Waals surface area contributed by atoms with Crippen LogP contribution in [0.2, 0.25) is 0 Å². The zero-order valence-electron chi connectivity index (χ0n) is 21.7. The molecule has 12 nitrogen and oxygen atoms in total. The van der Waals surface area contributed by atoms with E-state index in [1.807, 2.05) is 42.5 Å². The lowest BCUT2D eigenvalue weighted by molar-refractivity contribution is -0.123. The van der Waals surface area contributed by atoms with Crippen molar-refractivity contribution in [2.24, 2.45) is 0 Å². The Hall–Kier alpha value is -3.88. The van der Waals surface area contributed by atoms with Crippen LogP contribution in [-0.2, 0) is 27.5 Å². The van der Waals surface area contributed by atoms with Crippen LogP contribution >= 0.6 is 21.6 Å². The Morgan fingerprint density at radius 3 is 2.60 bits per heavy atom. The summed E-state index contributed by atoms with van der Waals surface area (Å²) in [6.45, 7) is 1.74. The van der Waals surface area contributed by atoms with Crippen molar-refractivity contribution in [2.75, 3.05) is 31.2 Å². The Labute approximate surface area is 239 Å². The smallest absolute Gasteiger partial charge is 0.245 e. The molecular formula is C26H30N8O4S2. The topological polar surface area (TPSA) is 170 Å². The first-order chi connectivity index (χ1) is 19.6. The summed E-state index contributed by atoms with van der Waals surface area (Å²) >= 11 is 0. The number of aromatic amines is 1. The molecule has 0 saturated carbocycles. The number of aromatic nitrogens is 5. The monoisotopic (exact) mass is 582 g/mol. The van der Waals surface area contributed by atoms with E-state index in [2.05, 4.69) is 35.6 Å². The Morgan fingerprint density at radius 1 is 0.950 bits per heavy atom. The summed E-state index contributed by atoms with van der Waals surface area (Å²) in [4.78, 5) is 43.4. The third kappa shape index (κ3) is 9.70. The molecule has 0 aliphatic rings. The number of ether oxygens (including phenoxy) is 2. The van der Waals surface area contributed by atoms with Crippen molar-refractivity contribution in [1.82, 2.24) is 35.6 Å². The zero-order valence-corrected chi connectivity index (χ0v) is 23.3. The maximum Gasteiger partial charge on any atom is 0.245 e. The number of H-pyrrole nitrogens is 1. The van der Waals surface area contributed by atoms with Crippen molar-refractivity contribution in [2.45, 2.75) is 31.0 Å². The Bertz CT molecular complexity index is 1370. The molecule has 0 saturated heterocycles. The molecule has 40 heavy (non-hydrogen) atoms. The van der Waals surface area contributed by atoms with Gasteiger partial charge < -0.3 is 30.8 Å². The summed E-state index contributed by atoms with van der Waals surface area (Å²) in [6.07, 6.45) is 3.92. The summed E-state index contributed by atoms with van der Waals surface area (Å²) in [7, 11) is 3.14. The number of anilines is 1. The second kappa shape index (κ2) is 15.6. The zero-order chi connectivity index (χ0) is 28.0. The van der Waals surface area contributed by atoms with Gasteiger partial charge in [0, 0.05) is 37.9 Å². The lowest BCUT2D eigenvalue weighted by Crippen LogP contribution is -2.28. The van der Waals surface area contributed by atoms with Crippen molar-refractivity contribution in [3.63, 3.8) is 0 Å². The molecule has 0 bridgehead atoms. The highest BCUT2D eigenvalue weighted by molar-refractivity contribution is 8.76. The molecule has 3 heterocycles. The number of nitrogens with two attached hydrogens (primary N) is 1. The average molecular weight is 583 g/mol. The van der Waals surface area contributed by atoms with E-state index in [1.54, 1.807) is 27.8 Å². The number of benzene rings is 1. The van der Waals surface area contributed by atoms with Gasteiger partial charge in [-0.05, 0) is 34.1 Å². The van der Waals surface area contributed by atoms with Gasteiger partial charge in [-0.2, -0.15) is 9.97 Å². The fourth-order valence-corrected chi connectivity index (χ4v) is 5.24. The highest BCUT2D eigenvalue weighted by atomic mass is 33.1. The average Bonchev–Trinajstić information content (AvgIpc) is 3.44. The number of carbonyl (C=O) groups excluding carboxylic acids is 2. The van der Waals surface area contributed by atoms with E-state index >= 15 is 0 Å². The van der Waals surface area contributed by atoms with E-state index in [1.165, 1.54) is 6.33 Å². The Morgan fingerprint density at radius 2 is 1.77 bits per heavy atom. The first kappa shape index (κ1) is 29.1. The number of nitrogens with zero attached hydrogens (tertiary/aromatic N) is 4. The van der Waals surface area contributed by atoms with Gasteiger partial charge >= 0.3 is 0 Å². The number of nitrogen functional groups attached to an aromatic ring is 1. The van der Waals surface area contributed by atoms with Crippen molar-refractivity contribution >= 4 is 50.5 Å². The number of rotatable bonds is 16. The SMILES string of the molecule is Nc1nc(OCc2ccc(CNC(=O)CCOCCNC(=O)CCSSc3ccccn3)cc2)c2[nH]cnc2n1. The van der Waals surface area contributed by atoms with Crippen molar-refractivity contribution in [1.29, 1.82) is 0 Å². The maximum atomic E-state index is 12.1. The van der Waals surface area contributed by atoms with Crippen LogP contribution in [0, 0.1) is 0 Å². The van der Waals surface area contributed by atoms with Gasteiger partial charge in [0.25, 0.3) is 0 Å². The van der Waals surface area contributed by atoms with E-state index in [0.717, 1.165) is 16.2 Å². The second-order valence-electron chi connectivity index (χ2n) is 8.41. The molecule has 14 heteroatoms. The van der Waals surface area contributed by atoms with Crippen molar-refractivity contribution in [3.05, 3.63) is 66.1 Å². The van der Waals surface area contributed by atoms with Gasteiger partial charge in [0.15, 0.2) is 5.65 Å². The number of imidazole rings is 1. The van der Waals surface area contributed by atoms with Gasteiger partial charge in [-0.3, -0.25) is 9.59 Å². The summed E-state index contributed by atoms with van der Waals surface area (Å²) in [5.74, 6) is 0.992. The van der Waals surface area contributed by atoms with Crippen LogP contribution in [0.3, 0.4) is 0 Å². The molecule has 4 aromatic rings. The third-order valence-electron chi connectivity index (χ3n) is 5.39. The summed E-state index contributed by atoms with van der Waals surface area (Å²) < 4.78 is 11.3. The van der Waals surface area contributed by atoms with Crippen LogP contribution in [0.1, 0.15) is 24.0 Å². The molecule has 0 unspecified atom stereocenters. The van der Waals surface area contributed by atoms with Gasteiger partial charge in [0.05, 0.1) is 19.5 Å². The number of hydrogen-bond donors (Lipinski definition) is 4. The van der Waals surface area contributed by atoms with Crippen LogP contribution < -0.4 is 21.1 Å². The van der Waals surface area contributed by atoms with Crippen LogP contribution in [-0.4, -0.2) is 62.2 Å². The predicted molar refractivity (Wildman–Crippen MR) is 154 cm³/mol. The quantitative estimate of drug-likeness (QED) is 0.113. The maximum absolute atomic E-state index is 12.1. The Balaban J connectivity index is 1.02. The molecule has 1 aromatic carbocycles. The molecule has 210 valence electrons. The van der Waals surface area contributed by atoms with E-state index in [9.17, 15) is 9.59 Å². The van der Waals surface area contributed by atoms with Crippen LogP contribution in [0.25, 0.3) is 11.2 Å². The number of fused-ring (bicyclic) bond motifs is 1. The number of carbonyl (C=O) groups is 2. The standard InChI is InChI=1S/C26H30N8O4S2/c27-26-33-24-23(31-17-32-24)25(34-26)38-16-19-6-4-18(5-7-19)15-30-20(35)8-12-37-13-11-28-21(36)9-14-39-40-22-3-1-2-10-29-22/h1-7,10,17H,8-9,11-16H2,(H,28,36)(H,30,35)(H3,27,31,32,33,34). The van der Waals surface area contributed by atoms with Crippen LogP contribution in [0.5, 0.6) is 5.88 Å². The van der Waals surface area contributed by atoms with Crippen molar-refractivity contribution < 1.29 is 19.1 Å². The van der Waals surface area contributed by atoms with Crippen LogP contribution in [0.15, 0.2) is 60.0 Å². The van der Waals surface area contributed by atoms with Crippen LogP contribution in [0.4, 0.5) is 5.95 Å². The van der Waals surface area contributed by atoms with E-state index in [-0.39, 0.29) is 30.8 Å². The predicted octanol–water partition coefficient (Wildman–Crippen LogP) is 2.88. The molecule has 2 amide bonds. The summed E-state index contributed by atoms with van der Waals surface area (Å²) in [6, 6.07) is 13.4. The molecule has 4 rings (SSSR count). The minimum absolute atomic E-state index is 0.0260. The van der Waals surface area contributed by atoms with E-state index < -0.39 is 0 Å². The van der Waals surface area contributed by atoms with E-state index in [0.29, 0.717) is 55.5 Å². The molecule has 0 radical (unpaired) electrons. The first-order valence-electron chi connectivity index (χ1n) is 12.6. The summed E-state index contributed by atoms with van der Waals surface area (Å²) in [5.41, 5.74) is 8.64. The number of nitrogens with one attached hydrogen (secondary N) is 3. The van der Waals surface area contributed by atoms with Gasteiger partial charge in [-0.25, -0.2) is 9.97 Å². The highest BCUT2D eigenvalue weighted by Crippen LogP contribution is 2.29. The normalized spacial score (nSPS) is 10.9. The number of hydrogen-bond acceptors (Lipinski definition) is 11. The van der Waals surface area contributed by atoms with E-state index in [4.69, 9.17) is 15.2 Å². The molecule has 5 N–H and O–H groups in total. The number of amides is 2. The minimum Gasteiger partial charge on any atom is -0.471 e. The van der Waals surface area contributed by atoms with Gasteiger partial charge in [-0.1, -0.05) is 41.1 Å². The number of pyridine rings is 1. The fraction of sp³-hybridized carbons (Fsp3) is 0.308. The third-order valence-corrected chi connectivity index (χ3v) is 7.66. The molecule has 0 spiro atoms. The fourth-order valence-electron chi connectivity index (χ4n) is 3.37. The van der Waals surface area contributed by atoms with Crippen molar-refractivity contribution in [3.8, 4) is 5.88 Å². The second-order valence-corrected chi connectivity index (χ2v) is 10.8. The minimum atomic E-state index is -0.108. The molecule has 0 aliphatic carbocycles. The lowest BCUT2D eigenvalue weighted by Gasteiger charge is -2.09. The molecule has 3 aromatic heterocycles. The Kier molecular flexibility index (Phi) is 11.4. The van der Waals surface area contributed by atoms with Gasteiger partial charge in [0.2, 0.25) is 23.6 Å². The molecule has 0 fully saturated rings. The largest absolute Gasteiger partial charge is 0.471 e. The molecular weight excluding hydrogens is 552 g/mol. The molecule has 0 atom stereocenters. The van der Waals surface area contributed by atoms with Gasteiger partial charge in [0.1, 0.15) is 17.1 Å². The first-order valence-corrected chi connectivity index (χ1v) is 14.9. The summed E-state index contributed by atoms with van der Waals surface area (Å²) in [5, 5.41) is 6.62. The molecule has 0 aliphatic heterocycles. The highest BCUT2D eigenvalue weighted by Gasteiger charge is 2.10.